The predicted molar refractivity (Wildman–Crippen MR) is 136 cm³/mol. The molecule has 0 saturated heterocycles. The number of halogens is 1. The summed E-state index contributed by atoms with van der Waals surface area (Å²) >= 11 is 1.68. The largest absolute Gasteiger partial charge is 0.357 e. The summed E-state index contributed by atoms with van der Waals surface area (Å²) < 4.78 is 0. The molecule has 1 aromatic heterocycles. The summed E-state index contributed by atoms with van der Waals surface area (Å²) in [6, 6.07) is 7.97. The smallest absolute Gasteiger partial charge is 0.227 e. The first-order chi connectivity index (χ1) is 14.1. The lowest BCUT2D eigenvalue weighted by molar-refractivity contribution is -0.120. The Morgan fingerprint density at radius 3 is 2.73 bits per heavy atom. The Bertz CT molecular complexity index is 832. The number of anilines is 1. The summed E-state index contributed by atoms with van der Waals surface area (Å²) in [4.78, 5) is 22.7. The van der Waals surface area contributed by atoms with Gasteiger partial charge in [-0.25, -0.2) is 9.98 Å². The standard InChI is InChI=1S/C22H31N5OS.HI/c1-3-23-22(26-15-20-24-13-16(2)29-20)25-14-17-8-7-11-19(12-17)27-21(28)18-9-5-4-6-10-18;/h7-8,11-13,18H,3-6,9-10,14-15H2,1-2H3,(H,27,28)(H2,23,25,26);1H. The van der Waals surface area contributed by atoms with E-state index in [1.165, 1.54) is 11.3 Å². The number of aliphatic imine (C=N–C) groups is 1. The van der Waals surface area contributed by atoms with Gasteiger partial charge in [-0.2, -0.15) is 0 Å². The van der Waals surface area contributed by atoms with Gasteiger partial charge in [-0.05, 0) is 44.4 Å². The number of thiazole rings is 1. The van der Waals surface area contributed by atoms with Gasteiger partial charge in [0.05, 0.1) is 13.1 Å². The highest BCUT2D eigenvalue weighted by Crippen LogP contribution is 2.25. The maximum absolute atomic E-state index is 12.5. The van der Waals surface area contributed by atoms with E-state index in [4.69, 9.17) is 0 Å². The van der Waals surface area contributed by atoms with E-state index in [0.717, 1.165) is 54.4 Å². The van der Waals surface area contributed by atoms with Crippen LogP contribution in [0.25, 0.3) is 0 Å². The topological polar surface area (TPSA) is 78.4 Å². The van der Waals surface area contributed by atoms with Crippen LogP contribution in [-0.4, -0.2) is 23.4 Å². The maximum Gasteiger partial charge on any atom is 0.227 e. The summed E-state index contributed by atoms with van der Waals surface area (Å²) in [6.45, 7) is 6.09. The van der Waals surface area contributed by atoms with Crippen LogP contribution in [0, 0.1) is 12.8 Å². The Morgan fingerprint density at radius 1 is 1.23 bits per heavy atom. The fourth-order valence-electron chi connectivity index (χ4n) is 3.51. The number of nitrogens with zero attached hydrogens (tertiary/aromatic N) is 2. The van der Waals surface area contributed by atoms with Crippen molar-refractivity contribution in [3.05, 3.63) is 45.9 Å². The van der Waals surface area contributed by atoms with E-state index in [1.807, 2.05) is 37.4 Å². The van der Waals surface area contributed by atoms with Gasteiger partial charge in [0.2, 0.25) is 5.91 Å². The molecule has 3 rings (SSSR count). The first-order valence-electron chi connectivity index (χ1n) is 10.5. The second-order valence-corrected chi connectivity index (χ2v) is 8.76. The van der Waals surface area contributed by atoms with Crippen molar-refractivity contribution in [2.75, 3.05) is 11.9 Å². The Kier molecular flexibility index (Phi) is 10.6. The van der Waals surface area contributed by atoms with Crippen LogP contribution in [0.3, 0.4) is 0 Å². The van der Waals surface area contributed by atoms with Gasteiger partial charge in [0.1, 0.15) is 5.01 Å². The molecule has 8 heteroatoms. The Balaban J connectivity index is 0.00000320. The van der Waals surface area contributed by atoms with E-state index in [0.29, 0.717) is 13.1 Å². The molecule has 1 amide bonds. The molecule has 0 bridgehead atoms. The highest BCUT2D eigenvalue weighted by molar-refractivity contribution is 14.0. The molecular weight excluding hydrogens is 509 g/mol. The Labute approximate surface area is 200 Å². The molecule has 3 N–H and O–H groups in total. The molecule has 6 nitrogen and oxygen atoms in total. The Hall–Kier alpha value is -1.68. The van der Waals surface area contributed by atoms with Gasteiger partial charge < -0.3 is 16.0 Å². The van der Waals surface area contributed by atoms with Gasteiger partial charge in [0, 0.05) is 29.2 Å². The van der Waals surface area contributed by atoms with Gasteiger partial charge in [-0.15, -0.1) is 35.3 Å². The average molecular weight is 542 g/mol. The quantitative estimate of drug-likeness (QED) is 0.266. The second kappa shape index (κ2) is 12.9. The molecule has 0 aliphatic heterocycles. The molecule has 1 heterocycles. The Morgan fingerprint density at radius 2 is 2.03 bits per heavy atom. The molecule has 0 radical (unpaired) electrons. The van der Waals surface area contributed by atoms with Gasteiger partial charge in [0.25, 0.3) is 0 Å². The number of aromatic nitrogens is 1. The van der Waals surface area contributed by atoms with Crippen LogP contribution < -0.4 is 16.0 Å². The van der Waals surface area contributed by atoms with Gasteiger partial charge in [-0.1, -0.05) is 31.4 Å². The van der Waals surface area contributed by atoms with Gasteiger partial charge in [0.15, 0.2) is 5.96 Å². The maximum atomic E-state index is 12.5. The highest BCUT2D eigenvalue weighted by atomic mass is 127. The summed E-state index contributed by atoms with van der Waals surface area (Å²) in [5.41, 5.74) is 1.92. The van der Waals surface area contributed by atoms with Crippen LogP contribution in [0.2, 0.25) is 0 Å². The molecule has 1 aliphatic carbocycles. The van der Waals surface area contributed by atoms with Crippen molar-refractivity contribution in [2.45, 2.75) is 59.0 Å². The molecule has 2 aromatic rings. The monoisotopic (exact) mass is 541 g/mol. The van der Waals surface area contributed by atoms with Crippen molar-refractivity contribution in [1.82, 2.24) is 15.6 Å². The molecule has 1 saturated carbocycles. The number of carbonyl (C=O) groups is 1. The van der Waals surface area contributed by atoms with Crippen molar-refractivity contribution in [3.63, 3.8) is 0 Å². The van der Waals surface area contributed by atoms with Crippen LogP contribution in [0.5, 0.6) is 0 Å². The lowest BCUT2D eigenvalue weighted by Gasteiger charge is -2.20. The van der Waals surface area contributed by atoms with Gasteiger partial charge in [-0.3, -0.25) is 4.79 Å². The first kappa shape index (κ1) is 24.6. The van der Waals surface area contributed by atoms with Crippen molar-refractivity contribution in [3.8, 4) is 0 Å². The van der Waals surface area contributed by atoms with E-state index in [2.05, 4.69) is 32.9 Å². The zero-order chi connectivity index (χ0) is 20.5. The minimum absolute atomic E-state index is 0. The van der Waals surface area contributed by atoms with E-state index in [1.54, 1.807) is 11.3 Å². The number of aryl methyl sites for hydroxylation is 1. The van der Waals surface area contributed by atoms with Crippen molar-refractivity contribution in [1.29, 1.82) is 0 Å². The zero-order valence-corrected chi connectivity index (χ0v) is 20.9. The van der Waals surface area contributed by atoms with E-state index in [-0.39, 0.29) is 35.8 Å². The minimum atomic E-state index is 0. The SMILES string of the molecule is CCNC(=NCc1cccc(NC(=O)C2CCCCC2)c1)NCc1ncc(C)s1.I. The van der Waals surface area contributed by atoms with Crippen LogP contribution in [0.4, 0.5) is 5.69 Å². The summed E-state index contributed by atoms with van der Waals surface area (Å²) in [5, 5.41) is 10.7. The number of nitrogens with one attached hydrogen (secondary N) is 3. The molecule has 1 fully saturated rings. The first-order valence-corrected chi connectivity index (χ1v) is 11.3. The predicted octanol–water partition coefficient (Wildman–Crippen LogP) is 4.84. The van der Waals surface area contributed by atoms with Gasteiger partial charge >= 0.3 is 0 Å². The molecule has 1 aromatic carbocycles. The normalized spacial score (nSPS) is 14.7. The number of hydrogen-bond acceptors (Lipinski definition) is 4. The van der Waals surface area contributed by atoms with E-state index in [9.17, 15) is 4.79 Å². The summed E-state index contributed by atoms with van der Waals surface area (Å²) in [6.07, 6.45) is 7.47. The average Bonchev–Trinajstić information content (AvgIpc) is 3.16. The van der Waals surface area contributed by atoms with E-state index < -0.39 is 0 Å². The molecule has 0 spiro atoms. The lowest BCUT2D eigenvalue weighted by Crippen LogP contribution is -2.36. The molecule has 0 atom stereocenters. The zero-order valence-electron chi connectivity index (χ0n) is 17.7. The lowest BCUT2D eigenvalue weighted by atomic mass is 9.88. The highest BCUT2D eigenvalue weighted by Gasteiger charge is 2.21. The molecule has 1 aliphatic rings. The second-order valence-electron chi connectivity index (χ2n) is 7.44. The van der Waals surface area contributed by atoms with Crippen molar-refractivity contribution in [2.24, 2.45) is 10.9 Å². The minimum Gasteiger partial charge on any atom is -0.357 e. The van der Waals surface area contributed by atoms with Crippen LogP contribution in [0.15, 0.2) is 35.5 Å². The van der Waals surface area contributed by atoms with E-state index >= 15 is 0 Å². The molecule has 0 unspecified atom stereocenters. The number of carbonyl (C=O) groups excluding carboxylic acids is 1. The number of hydrogen-bond donors (Lipinski definition) is 3. The molecule has 164 valence electrons. The fourth-order valence-corrected chi connectivity index (χ4v) is 4.24. The third kappa shape index (κ3) is 7.86. The molecular formula is C22H32IN5OS. The number of rotatable bonds is 7. The molecule has 30 heavy (non-hydrogen) atoms. The third-order valence-corrected chi connectivity index (χ3v) is 5.92. The number of guanidine groups is 1. The summed E-state index contributed by atoms with van der Waals surface area (Å²) in [7, 11) is 0. The van der Waals surface area contributed by atoms with Crippen LogP contribution >= 0.6 is 35.3 Å². The fraction of sp³-hybridized carbons (Fsp3) is 0.500. The number of benzene rings is 1. The third-order valence-electron chi connectivity index (χ3n) is 5.01. The van der Waals surface area contributed by atoms with Crippen LogP contribution in [-0.2, 0) is 17.9 Å². The van der Waals surface area contributed by atoms with Crippen molar-refractivity contribution >= 4 is 52.9 Å². The summed E-state index contributed by atoms with van der Waals surface area (Å²) in [5.74, 6) is 1.07. The number of amides is 1. The van der Waals surface area contributed by atoms with Crippen LogP contribution in [0.1, 0.15) is 54.5 Å². The van der Waals surface area contributed by atoms with Crippen molar-refractivity contribution < 1.29 is 4.79 Å².